The second kappa shape index (κ2) is 9.02. The van der Waals surface area contributed by atoms with Crippen molar-refractivity contribution >= 4 is 0 Å². The molecule has 6 aliphatic carbocycles. The van der Waals surface area contributed by atoms with E-state index in [1.807, 2.05) is 30.3 Å². The first-order valence-corrected chi connectivity index (χ1v) is 18.0. The number of aliphatic hydroxyl groups is 1. The summed E-state index contributed by atoms with van der Waals surface area (Å²) in [5.74, 6) is 5.76. The third kappa shape index (κ3) is 3.36. The number of aliphatic hydroxyl groups excluding tert-OH is 1. The average molecular weight is 592 g/mol. The van der Waals surface area contributed by atoms with Gasteiger partial charge in [-0.25, -0.2) is 0 Å². The van der Waals surface area contributed by atoms with E-state index >= 15 is 0 Å². The molecule has 10 rings (SSSR count). The predicted molar refractivity (Wildman–Crippen MR) is 171 cm³/mol. The summed E-state index contributed by atoms with van der Waals surface area (Å²) >= 11 is 0. The van der Waals surface area contributed by atoms with Crippen molar-refractivity contribution in [3.05, 3.63) is 71.8 Å². The van der Waals surface area contributed by atoms with Crippen molar-refractivity contribution in [2.24, 2.45) is 45.8 Å². The van der Waals surface area contributed by atoms with Gasteiger partial charge in [0.05, 0.1) is 17.8 Å². The Bertz CT molecular complexity index is 1500. The molecule has 3 unspecified atom stereocenters. The van der Waals surface area contributed by atoms with Crippen LogP contribution in [-0.4, -0.2) is 40.4 Å². The van der Waals surface area contributed by atoms with Gasteiger partial charge in [0.1, 0.15) is 11.5 Å². The summed E-state index contributed by atoms with van der Waals surface area (Å²) in [5.41, 5.74) is 4.45. The fourth-order valence-corrected chi connectivity index (χ4v) is 13.6. The molecule has 1 N–H and O–H groups in total. The molecule has 12 atom stereocenters. The molecule has 3 spiro atoms. The number of benzene rings is 2. The minimum Gasteiger partial charge on any atom is -0.457 e. The molecule has 2 aromatic carbocycles. The first kappa shape index (κ1) is 27.0. The summed E-state index contributed by atoms with van der Waals surface area (Å²) in [6.07, 6.45) is 15.5. The van der Waals surface area contributed by atoms with Gasteiger partial charge in [-0.3, -0.25) is 4.90 Å². The van der Waals surface area contributed by atoms with Crippen LogP contribution in [0.2, 0.25) is 0 Å². The monoisotopic (exact) mass is 591 g/mol. The Kier molecular flexibility index (Phi) is 5.54. The highest BCUT2D eigenvalue weighted by Crippen LogP contribution is 2.93. The van der Waals surface area contributed by atoms with Crippen molar-refractivity contribution in [3.63, 3.8) is 0 Å². The van der Waals surface area contributed by atoms with E-state index in [9.17, 15) is 5.11 Å². The quantitative estimate of drug-likeness (QED) is 0.365. The zero-order valence-electron chi connectivity index (χ0n) is 26.6. The maximum Gasteiger partial charge on any atom is 0.127 e. The zero-order chi connectivity index (χ0) is 29.5. The van der Waals surface area contributed by atoms with Crippen LogP contribution >= 0.6 is 0 Å². The van der Waals surface area contributed by atoms with E-state index in [4.69, 9.17) is 9.47 Å². The van der Waals surface area contributed by atoms with E-state index in [1.165, 1.54) is 63.5 Å². The largest absolute Gasteiger partial charge is 0.457 e. The molecule has 0 radical (unpaired) electrons. The second-order valence-corrected chi connectivity index (χ2v) is 17.0. The number of para-hydroxylation sites is 1. The normalized spacial score (nSPS) is 49.6. The van der Waals surface area contributed by atoms with Gasteiger partial charge in [0.15, 0.2) is 0 Å². The van der Waals surface area contributed by atoms with Gasteiger partial charge in [-0.2, -0.15) is 0 Å². The number of hydrogen-bond acceptors (Lipinski definition) is 4. The Hall–Kier alpha value is -2.14. The average Bonchev–Trinajstić information content (AvgIpc) is 3.50. The van der Waals surface area contributed by atoms with E-state index in [0.717, 1.165) is 48.6 Å². The van der Waals surface area contributed by atoms with Gasteiger partial charge in [-0.15, -0.1) is 0 Å². The number of piperidine rings is 1. The highest BCUT2D eigenvalue weighted by Gasteiger charge is 2.91. The lowest BCUT2D eigenvalue weighted by atomic mass is 9.47. The standard InChI is InChI=1S/C40H49NO3/c1-25-18-35-36(41(22-25)23-26-8-11-30(12-9-26)43-29-6-4-3-5-7-29)34-21-39-24-38(39)20-33-31(32(38)15-17-40(34,39)44-35)13-10-27-19-28(42)14-16-37(27,33)2/h3-12,25,28,31-36,42H,13-24H2,1-2H3/t25-,28-,31-,32-,33-,34+,35+,36-,37-,38?,39?,40?/m0/s1. The number of likely N-dealkylation sites (tertiary alicyclic amines) is 1. The van der Waals surface area contributed by atoms with Crippen LogP contribution in [0.15, 0.2) is 66.2 Å². The summed E-state index contributed by atoms with van der Waals surface area (Å²) in [6.45, 7) is 7.23. The summed E-state index contributed by atoms with van der Waals surface area (Å²) in [6, 6.07) is 19.5. The molecule has 4 heteroatoms. The van der Waals surface area contributed by atoms with Crippen LogP contribution in [0.3, 0.4) is 0 Å². The number of fused-ring (bicyclic) bond motifs is 6. The molecular formula is C40H49NO3. The van der Waals surface area contributed by atoms with E-state index in [-0.39, 0.29) is 11.7 Å². The molecule has 44 heavy (non-hydrogen) atoms. The summed E-state index contributed by atoms with van der Waals surface area (Å²) in [5, 5.41) is 10.5. The molecule has 2 heterocycles. The Balaban J connectivity index is 0.894. The number of allylic oxidation sites excluding steroid dienone is 1. The van der Waals surface area contributed by atoms with Gasteiger partial charge in [-0.05, 0) is 129 Å². The molecule has 0 bridgehead atoms. The van der Waals surface area contributed by atoms with E-state index in [1.54, 1.807) is 5.57 Å². The van der Waals surface area contributed by atoms with Crippen molar-refractivity contribution in [2.45, 2.75) is 108 Å². The third-order valence-electron chi connectivity index (χ3n) is 15.3. The summed E-state index contributed by atoms with van der Waals surface area (Å²) in [4.78, 5) is 2.83. The van der Waals surface area contributed by atoms with E-state index in [0.29, 0.717) is 40.2 Å². The van der Waals surface area contributed by atoms with Crippen LogP contribution in [0.1, 0.15) is 83.6 Å². The van der Waals surface area contributed by atoms with Crippen molar-refractivity contribution in [1.29, 1.82) is 0 Å². The van der Waals surface area contributed by atoms with Gasteiger partial charge < -0.3 is 14.6 Å². The Morgan fingerprint density at radius 3 is 2.61 bits per heavy atom. The first-order valence-electron chi connectivity index (χ1n) is 18.0. The fourth-order valence-electron chi connectivity index (χ4n) is 13.6. The van der Waals surface area contributed by atoms with Gasteiger partial charge in [0, 0.05) is 30.5 Å². The summed E-state index contributed by atoms with van der Waals surface area (Å²) < 4.78 is 13.6. The topological polar surface area (TPSA) is 41.9 Å². The van der Waals surface area contributed by atoms with Gasteiger partial charge in [0.25, 0.3) is 0 Å². The SMILES string of the molecule is C[C@H]1C[C@H]2OC34CC[C@H]5[C@@H]6CC=C7C[C@@H](O)CC[C@]7(C)[C@H]6CC56CC63C[C@@H]4[C@@H]2N(Cc2ccc(Oc3ccccc3)cc2)C1. The zero-order valence-corrected chi connectivity index (χ0v) is 26.6. The third-order valence-corrected chi connectivity index (χ3v) is 15.3. The Labute approximate surface area is 263 Å². The molecular weight excluding hydrogens is 542 g/mol. The lowest BCUT2D eigenvalue weighted by Crippen LogP contribution is -2.64. The molecule has 7 fully saturated rings. The fraction of sp³-hybridized carbons (Fsp3) is 0.650. The molecule has 0 aromatic heterocycles. The minimum absolute atomic E-state index is 0.114. The van der Waals surface area contributed by atoms with Crippen LogP contribution in [0.25, 0.3) is 0 Å². The predicted octanol–water partition coefficient (Wildman–Crippen LogP) is 8.15. The molecule has 0 amide bonds. The summed E-state index contributed by atoms with van der Waals surface area (Å²) in [7, 11) is 0. The Morgan fingerprint density at radius 2 is 1.77 bits per heavy atom. The number of ether oxygens (including phenoxy) is 2. The smallest absolute Gasteiger partial charge is 0.127 e. The van der Waals surface area contributed by atoms with Gasteiger partial charge in [-0.1, -0.05) is 55.8 Å². The second-order valence-electron chi connectivity index (χ2n) is 17.0. The number of hydrogen-bond donors (Lipinski definition) is 1. The Morgan fingerprint density at radius 1 is 0.955 bits per heavy atom. The van der Waals surface area contributed by atoms with Crippen molar-refractivity contribution in [2.75, 3.05) is 6.54 Å². The number of nitrogens with zero attached hydrogens (tertiary/aromatic N) is 1. The molecule has 232 valence electrons. The van der Waals surface area contributed by atoms with Crippen LogP contribution in [0.5, 0.6) is 11.5 Å². The highest BCUT2D eigenvalue weighted by atomic mass is 16.5. The van der Waals surface area contributed by atoms with Gasteiger partial charge >= 0.3 is 0 Å². The van der Waals surface area contributed by atoms with Crippen LogP contribution in [-0.2, 0) is 11.3 Å². The first-order chi connectivity index (χ1) is 21.3. The molecule has 2 aliphatic heterocycles. The van der Waals surface area contributed by atoms with E-state index in [2.05, 4.69) is 49.1 Å². The lowest BCUT2D eigenvalue weighted by Gasteiger charge is -2.60. The maximum atomic E-state index is 10.5. The van der Waals surface area contributed by atoms with Crippen LogP contribution in [0.4, 0.5) is 0 Å². The lowest BCUT2D eigenvalue weighted by molar-refractivity contribution is -0.211. The van der Waals surface area contributed by atoms with Crippen LogP contribution in [0, 0.1) is 45.8 Å². The van der Waals surface area contributed by atoms with Crippen LogP contribution < -0.4 is 4.74 Å². The van der Waals surface area contributed by atoms with Gasteiger partial charge in [0.2, 0.25) is 0 Å². The molecule has 2 aromatic rings. The highest BCUT2D eigenvalue weighted by molar-refractivity contribution is 5.42. The maximum absolute atomic E-state index is 10.5. The van der Waals surface area contributed by atoms with Crippen molar-refractivity contribution in [3.8, 4) is 11.5 Å². The minimum atomic E-state index is -0.114. The van der Waals surface area contributed by atoms with E-state index < -0.39 is 0 Å². The molecule has 2 saturated heterocycles. The van der Waals surface area contributed by atoms with Crippen molar-refractivity contribution < 1.29 is 14.6 Å². The molecule has 8 aliphatic rings. The van der Waals surface area contributed by atoms with Crippen molar-refractivity contribution in [1.82, 2.24) is 4.90 Å². The number of rotatable bonds is 4. The molecule has 4 nitrogen and oxygen atoms in total. The molecule has 5 saturated carbocycles.